The molecule has 1 aliphatic heterocycles. The van der Waals surface area contributed by atoms with Gasteiger partial charge in [0.2, 0.25) is 6.67 Å². The SMILES string of the molecule is CCN1[C]NC=C1. The Kier molecular flexibility index (Phi) is 1.20. The molecule has 1 aliphatic rings. The van der Waals surface area contributed by atoms with Crippen LogP contribution in [-0.2, 0) is 0 Å². The van der Waals surface area contributed by atoms with E-state index in [9.17, 15) is 0 Å². The zero-order valence-corrected chi connectivity index (χ0v) is 4.31. The highest BCUT2D eigenvalue weighted by atomic mass is 15.2. The van der Waals surface area contributed by atoms with E-state index in [0.717, 1.165) is 6.54 Å². The lowest BCUT2D eigenvalue weighted by atomic mass is 10.6. The van der Waals surface area contributed by atoms with Crippen LogP contribution < -0.4 is 5.32 Å². The number of nitrogens with one attached hydrogen (secondary N) is 1. The summed E-state index contributed by atoms with van der Waals surface area (Å²) < 4.78 is 0. The van der Waals surface area contributed by atoms with Gasteiger partial charge in [-0.25, -0.2) is 0 Å². The van der Waals surface area contributed by atoms with Crippen LogP contribution in [0.4, 0.5) is 0 Å². The summed E-state index contributed by atoms with van der Waals surface area (Å²) in [6.45, 7) is 5.94. The van der Waals surface area contributed by atoms with Crippen molar-refractivity contribution in [3.05, 3.63) is 19.1 Å². The molecule has 2 radical (unpaired) electrons. The average molecular weight is 96.1 g/mol. The van der Waals surface area contributed by atoms with Crippen LogP contribution >= 0.6 is 0 Å². The molecule has 0 amide bonds. The highest BCUT2D eigenvalue weighted by Gasteiger charge is 1.98. The summed E-state index contributed by atoms with van der Waals surface area (Å²) in [6.07, 6.45) is 3.80. The molecule has 2 nitrogen and oxygen atoms in total. The van der Waals surface area contributed by atoms with Crippen LogP contribution in [0.25, 0.3) is 0 Å². The molecule has 0 saturated heterocycles. The van der Waals surface area contributed by atoms with E-state index in [1.54, 1.807) is 0 Å². The van der Waals surface area contributed by atoms with E-state index in [0.29, 0.717) is 0 Å². The van der Waals surface area contributed by atoms with Crippen molar-refractivity contribution in [3.8, 4) is 0 Å². The van der Waals surface area contributed by atoms with Crippen LogP contribution in [0.15, 0.2) is 12.4 Å². The molecule has 0 fully saturated rings. The molecular weight excluding hydrogens is 88.1 g/mol. The van der Waals surface area contributed by atoms with Gasteiger partial charge in [0.15, 0.2) is 0 Å². The molecule has 0 atom stereocenters. The largest absolute Gasteiger partial charge is 0.360 e. The monoisotopic (exact) mass is 96.1 g/mol. The lowest BCUT2D eigenvalue weighted by molar-refractivity contribution is 0.484. The van der Waals surface area contributed by atoms with Gasteiger partial charge in [0, 0.05) is 18.9 Å². The Morgan fingerprint density at radius 2 is 2.71 bits per heavy atom. The first-order chi connectivity index (χ1) is 3.43. The summed E-state index contributed by atoms with van der Waals surface area (Å²) in [5.41, 5.74) is 0. The highest BCUT2D eigenvalue weighted by molar-refractivity contribution is 4.92. The predicted molar refractivity (Wildman–Crippen MR) is 27.9 cm³/mol. The van der Waals surface area contributed by atoms with Crippen LogP contribution in [0.1, 0.15) is 6.92 Å². The molecule has 0 bridgehead atoms. The van der Waals surface area contributed by atoms with Crippen molar-refractivity contribution < 1.29 is 0 Å². The Morgan fingerprint density at radius 1 is 1.86 bits per heavy atom. The summed E-state index contributed by atoms with van der Waals surface area (Å²) >= 11 is 0. The van der Waals surface area contributed by atoms with Gasteiger partial charge in [-0.3, -0.25) is 0 Å². The van der Waals surface area contributed by atoms with Gasteiger partial charge >= 0.3 is 0 Å². The minimum Gasteiger partial charge on any atom is -0.360 e. The molecule has 0 unspecified atom stereocenters. The van der Waals surface area contributed by atoms with Gasteiger partial charge < -0.3 is 10.2 Å². The van der Waals surface area contributed by atoms with Crippen molar-refractivity contribution in [1.29, 1.82) is 0 Å². The molecule has 0 aromatic rings. The lowest BCUT2D eigenvalue weighted by Crippen LogP contribution is -2.12. The molecule has 1 rings (SSSR count). The van der Waals surface area contributed by atoms with Crippen LogP contribution in [0, 0.1) is 6.67 Å². The fourth-order valence-corrected chi connectivity index (χ4v) is 0.469. The maximum Gasteiger partial charge on any atom is 0.205 e. The van der Waals surface area contributed by atoms with Crippen LogP contribution in [0.5, 0.6) is 0 Å². The zero-order valence-electron chi connectivity index (χ0n) is 4.31. The molecule has 0 aromatic heterocycles. The third-order valence-electron chi connectivity index (χ3n) is 0.887. The summed E-state index contributed by atoms with van der Waals surface area (Å²) in [7, 11) is 0. The lowest BCUT2D eigenvalue weighted by Gasteiger charge is -2.06. The summed E-state index contributed by atoms with van der Waals surface area (Å²) in [4.78, 5) is 1.94. The Morgan fingerprint density at radius 3 is 3.00 bits per heavy atom. The maximum absolute atomic E-state index is 2.88. The first-order valence-corrected chi connectivity index (χ1v) is 2.38. The molecule has 1 heterocycles. The van der Waals surface area contributed by atoms with Crippen molar-refractivity contribution >= 4 is 0 Å². The average Bonchev–Trinajstić information content (AvgIpc) is 2.14. The quantitative estimate of drug-likeness (QED) is 0.507. The number of hydrogen-bond acceptors (Lipinski definition) is 2. The van der Waals surface area contributed by atoms with Crippen molar-refractivity contribution in [3.63, 3.8) is 0 Å². The van der Waals surface area contributed by atoms with Gasteiger partial charge in [0.05, 0.1) is 0 Å². The molecule has 7 heavy (non-hydrogen) atoms. The fourth-order valence-electron chi connectivity index (χ4n) is 0.469. The van der Waals surface area contributed by atoms with Crippen LogP contribution in [0.2, 0.25) is 0 Å². The van der Waals surface area contributed by atoms with Gasteiger partial charge in [0.25, 0.3) is 0 Å². The molecule has 0 spiro atoms. The molecule has 2 heteroatoms. The summed E-state index contributed by atoms with van der Waals surface area (Å²) in [5.74, 6) is 0. The van der Waals surface area contributed by atoms with Gasteiger partial charge in [-0.1, -0.05) is 0 Å². The second kappa shape index (κ2) is 1.87. The molecule has 0 aromatic carbocycles. The third-order valence-corrected chi connectivity index (χ3v) is 0.887. The molecule has 1 N–H and O–H groups in total. The molecule has 38 valence electrons. The van der Waals surface area contributed by atoms with E-state index in [2.05, 4.69) is 18.9 Å². The van der Waals surface area contributed by atoms with Gasteiger partial charge in [-0.2, -0.15) is 0 Å². The molecule has 0 aliphatic carbocycles. The Hall–Kier alpha value is -0.660. The summed E-state index contributed by atoms with van der Waals surface area (Å²) in [6, 6.07) is 0. The maximum atomic E-state index is 2.88. The Labute approximate surface area is 43.8 Å². The zero-order chi connectivity index (χ0) is 5.11. The minimum absolute atomic E-state index is 0.990. The second-order valence-corrected chi connectivity index (χ2v) is 1.36. The van der Waals surface area contributed by atoms with E-state index >= 15 is 0 Å². The Balaban J connectivity index is 2.28. The smallest absolute Gasteiger partial charge is 0.205 e. The van der Waals surface area contributed by atoms with Gasteiger partial charge in [0.1, 0.15) is 0 Å². The first kappa shape index (κ1) is 4.50. The van der Waals surface area contributed by atoms with Crippen molar-refractivity contribution in [2.24, 2.45) is 0 Å². The number of nitrogens with zero attached hydrogens (tertiary/aromatic N) is 1. The van der Waals surface area contributed by atoms with E-state index in [4.69, 9.17) is 0 Å². The van der Waals surface area contributed by atoms with E-state index in [1.165, 1.54) is 0 Å². The standard InChI is InChI=1S/C5H8N2/c1-2-7-4-3-6-5-7/h3-4,6H,2H2,1H3. The van der Waals surface area contributed by atoms with E-state index in [1.807, 2.05) is 17.3 Å². The second-order valence-electron chi connectivity index (χ2n) is 1.36. The van der Waals surface area contributed by atoms with Crippen LogP contribution in [-0.4, -0.2) is 11.4 Å². The van der Waals surface area contributed by atoms with E-state index in [-0.39, 0.29) is 0 Å². The number of rotatable bonds is 1. The van der Waals surface area contributed by atoms with Crippen molar-refractivity contribution in [1.82, 2.24) is 10.2 Å². The van der Waals surface area contributed by atoms with Crippen molar-refractivity contribution in [2.45, 2.75) is 6.92 Å². The minimum atomic E-state index is 0.990. The Bertz CT molecular complexity index is 78.1. The molecular formula is C5H8N2. The molecule has 0 saturated carbocycles. The first-order valence-electron chi connectivity index (χ1n) is 2.38. The normalized spacial score (nSPS) is 17.6. The summed E-state index contributed by atoms with van der Waals surface area (Å²) in [5, 5.41) is 2.82. The highest BCUT2D eigenvalue weighted by Crippen LogP contribution is 1.95. The van der Waals surface area contributed by atoms with Gasteiger partial charge in [-0.05, 0) is 6.92 Å². The number of hydrogen-bond donors (Lipinski definition) is 1. The predicted octanol–water partition coefficient (Wildman–Crippen LogP) is 0.379. The fraction of sp³-hybridized carbons (Fsp3) is 0.400. The third kappa shape index (κ3) is 0.856. The van der Waals surface area contributed by atoms with Crippen LogP contribution in [0.3, 0.4) is 0 Å². The van der Waals surface area contributed by atoms with Crippen molar-refractivity contribution in [2.75, 3.05) is 6.54 Å². The van der Waals surface area contributed by atoms with E-state index < -0.39 is 0 Å². The topological polar surface area (TPSA) is 15.3 Å². The van der Waals surface area contributed by atoms with Gasteiger partial charge in [-0.15, -0.1) is 0 Å².